The zero-order chi connectivity index (χ0) is 86.2. The number of nitrogens with two attached hydrogens (primary N) is 2. The quantitative estimate of drug-likeness (QED) is 0.0109. The number of rotatable bonds is 31. The van der Waals surface area contributed by atoms with Gasteiger partial charge in [-0.1, -0.05) is 131 Å². The maximum atomic E-state index is 14.3. The van der Waals surface area contributed by atoms with Gasteiger partial charge in [-0.2, -0.15) is 10.5 Å². The number of hydrogen-bond acceptors (Lipinski definition) is 26. The fraction of sp³-hybridized carbons (Fsp3) is 0.270. The topological polar surface area (TPSA) is 478 Å². The van der Waals surface area contributed by atoms with Crippen LogP contribution in [0.5, 0.6) is 0 Å². The maximum Gasteiger partial charge on any atom is 0.274 e. The van der Waals surface area contributed by atoms with E-state index in [1.165, 1.54) is 0 Å². The standard InChI is InChI=1S/C31H29N9O3.C29H32N8O3.C29H34N6O3/c1-3-23(37-28-22(16-32)27(33)35-18(2)36-28)29-38-25-11-7-10-24(26(25)31(42)40(29)21-8-5-4-6-9-21)34-17-19-12-14-20(15-13-19)30(41)39-43;1-3-22(34-27-21(17-30)26(31)32-18(2)33-27)28-35-23-15-10-12-19(11-6-4-9-16-24(38)36-40)25(23)29(39)37(28)20-13-7-5-8-14-20;1-4-23(32-27-19(2)18-30-20(3)31-27)28-33-24-16-11-13-21(12-7-5-10-17-25(36)34-38)26(24)29(37)35(28)22-14-8-6-9-15-22/h4-15,23,34,43H,3,17H2,1-2H3,(H,39,41)(H3,33,35,36,37);5,7-8,10,12-15,22,40H,3-4,6,9,11,16H2,1-2H3,(H,36,38)(H3,31,32,33,34);6,8-9,11,13-16,18,23,38H,4-5,7,10,12,17H2,1-3H3,(H,34,36)(H,30,31,32)/t23-;22-;23-/m000/s1. The van der Waals surface area contributed by atoms with Gasteiger partial charge in [-0.25, -0.2) is 61.3 Å². The number of unbranched alkanes of at least 4 members (excludes halogenated alkanes) is 4. The Hall–Kier alpha value is -14.7. The molecule has 0 radical (unpaired) electrons. The zero-order valence-corrected chi connectivity index (χ0v) is 68.1. The molecule has 121 heavy (non-hydrogen) atoms. The molecule has 620 valence electrons. The summed E-state index contributed by atoms with van der Waals surface area (Å²) in [6.45, 7) is 13.5. The van der Waals surface area contributed by atoms with Gasteiger partial charge >= 0.3 is 0 Å². The summed E-state index contributed by atoms with van der Waals surface area (Å²) in [5.74, 6) is 3.09. The first-order chi connectivity index (χ1) is 58.6. The summed E-state index contributed by atoms with van der Waals surface area (Å²) in [7, 11) is 0. The first kappa shape index (κ1) is 87.1. The number of carbonyl (C=O) groups is 3. The van der Waals surface area contributed by atoms with Crippen molar-refractivity contribution in [3.8, 4) is 29.2 Å². The van der Waals surface area contributed by atoms with Crippen molar-refractivity contribution in [2.45, 2.75) is 157 Å². The molecule has 32 heteroatoms. The average Bonchev–Trinajstić information content (AvgIpc) is 0.763. The van der Waals surface area contributed by atoms with Crippen molar-refractivity contribution >= 4 is 85.2 Å². The maximum absolute atomic E-state index is 14.3. The lowest BCUT2D eigenvalue weighted by molar-refractivity contribution is -0.130. The molecule has 0 aliphatic heterocycles. The molecule has 3 amide bonds. The number of aryl methyl sites for hydroxylation is 6. The number of nitrogen functional groups attached to an aromatic ring is 2. The number of carbonyl (C=O) groups excluding carboxylic acids is 3. The Morgan fingerprint density at radius 3 is 1.22 bits per heavy atom. The molecule has 0 bridgehead atoms. The third-order valence-electron chi connectivity index (χ3n) is 20.2. The Morgan fingerprint density at radius 1 is 0.438 bits per heavy atom. The van der Waals surface area contributed by atoms with Crippen molar-refractivity contribution in [2.24, 2.45) is 0 Å². The van der Waals surface area contributed by atoms with Gasteiger partial charge in [0.25, 0.3) is 22.6 Å². The van der Waals surface area contributed by atoms with E-state index in [-0.39, 0.29) is 75.9 Å². The highest BCUT2D eigenvalue weighted by molar-refractivity contribution is 5.94. The predicted molar refractivity (Wildman–Crippen MR) is 463 cm³/mol. The molecule has 32 nitrogen and oxygen atoms in total. The number of aromatic nitrogens is 12. The van der Waals surface area contributed by atoms with Crippen LogP contribution in [0.15, 0.2) is 190 Å². The van der Waals surface area contributed by atoms with E-state index in [0.717, 1.165) is 59.4 Å². The molecule has 0 saturated heterocycles. The highest BCUT2D eigenvalue weighted by Gasteiger charge is 2.28. The lowest BCUT2D eigenvalue weighted by Crippen LogP contribution is -2.29. The second-order valence-electron chi connectivity index (χ2n) is 28.6. The SMILES string of the molecule is CC[C@H](Nc1nc(C)nc(N)c1C#N)c1nc2cccc(CCCCCC(=O)NO)c2c(=O)n1-c1ccccc1.CC[C@H](Nc1nc(C)nc(N)c1C#N)c1nc2cccc(NCc3ccc(C(=O)NO)cc3)c2c(=O)n1-c1ccccc1.CC[C@H](Nc1nc(C)ncc1C)c1nc2cccc(CCCCCC(=O)NO)c2c(=O)n1-c1ccccc1. The van der Waals surface area contributed by atoms with Crippen LogP contribution in [-0.4, -0.2) is 91.9 Å². The number of benzene rings is 7. The molecule has 3 atom stereocenters. The highest BCUT2D eigenvalue weighted by atomic mass is 16.5. The third kappa shape index (κ3) is 21.0. The minimum atomic E-state index is -0.598. The molecule has 13 aromatic rings. The molecule has 0 spiro atoms. The van der Waals surface area contributed by atoms with E-state index in [0.29, 0.717) is 142 Å². The fourth-order valence-corrected chi connectivity index (χ4v) is 14.2. The van der Waals surface area contributed by atoms with Crippen LogP contribution in [0, 0.1) is 50.4 Å². The van der Waals surface area contributed by atoms with Gasteiger partial charge < -0.3 is 32.7 Å². The monoisotopic (exact) mass is 1630 g/mol. The van der Waals surface area contributed by atoms with E-state index in [9.17, 15) is 39.3 Å². The van der Waals surface area contributed by atoms with Gasteiger partial charge in [0.1, 0.15) is 75.7 Å². The van der Waals surface area contributed by atoms with Crippen molar-refractivity contribution < 1.29 is 30.0 Å². The number of hydrogen-bond donors (Lipinski definition) is 12. The Labute approximate surface area is 696 Å². The molecule has 6 heterocycles. The molecule has 0 unspecified atom stereocenters. The summed E-state index contributed by atoms with van der Waals surface area (Å²) in [6, 6.07) is 54.6. The molecule has 0 fully saturated rings. The van der Waals surface area contributed by atoms with Crippen molar-refractivity contribution in [1.29, 1.82) is 10.5 Å². The van der Waals surface area contributed by atoms with Crippen LogP contribution >= 0.6 is 0 Å². The van der Waals surface area contributed by atoms with Crippen LogP contribution in [0.25, 0.3) is 49.8 Å². The summed E-state index contributed by atoms with van der Waals surface area (Å²) in [5.41, 5.74) is 24.9. The number of anilines is 6. The molecule has 0 saturated carbocycles. The van der Waals surface area contributed by atoms with E-state index in [1.807, 2.05) is 167 Å². The number of hydroxylamine groups is 3. The van der Waals surface area contributed by atoms with E-state index >= 15 is 0 Å². The molecule has 0 aliphatic rings. The summed E-state index contributed by atoms with van der Waals surface area (Å²) < 4.78 is 4.89. The van der Waals surface area contributed by atoms with Crippen LogP contribution < -0.4 is 65.9 Å². The van der Waals surface area contributed by atoms with Gasteiger partial charge in [0.15, 0.2) is 11.6 Å². The molecular weight excluding hydrogens is 1540 g/mol. The fourth-order valence-electron chi connectivity index (χ4n) is 14.2. The number of nitrogens with one attached hydrogen (secondary N) is 7. The second-order valence-corrected chi connectivity index (χ2v) is 28.6. The van der Waals surface area contributed by atoms with Crippen LogP contribution in [0.3, 0.4) is 0 Å². The largest absolute Gasteiger partial charge is 0.382 e. The normalized spacial score (nSPS) is 11.7. The van der Waals surface area contributed by atoms with Gasteiger partial charge in [0.05, 0.1) is 67.9 Å². The highest BCUT2D eigenvalue weighted by Crippen LogP contribution is 2.33. The van der Waals surface area contributed by atoms with Crippen molar-refractivity contribution in [3.63, 3.8) is 0 Å². The van der Waals surface area contributed by atoms with Gasteiger partial charge in [-0.05, 0) is 175 Å². The second kappa shape index (κ2) is 41.4. The molecule has 14 N–H and O–H groups in total. The van der Waals surface area contributed by atoms with Crippen LogP contribution in [-0.2, 0) is 29.0 Å². The van der Waals surface area contributed by atoms with Crippen molar-refractivity contribution in [1.82, 2.24) is 75.0 Å². The first-order valence-electron chi connectivity index (χ1n) is 39.8. The van der Waals surface area contributed by atoms with Gasteiger partial charge in [-0.15, -0.1) is 0 Å². The minimum Gasteiger partial charge on any atom is -0.382 e. The molecular formula is C89H95N23O9. The summed E-state index contributed by atoms with van der Waals surface area (Å²) in [6.07, 6.45) is 9.85. The van der Waals surface area contributed by atoms with E-state index in [4.69, 9.17) is 42.0 Å². The summed E-state index contributed by atoms with van der Waals surface area (Å²) >= 11 is 0. The molecule has 0 aliphatic carbocycles. The lowest BCUT2D eigenvalue weighted by atomic mass is 10.0. The van der Waals surface area contributed by atoms with E-state index in [1.54, 1.807) is 80.5 Å². The Balaban J connectivity index is 0.000000178. The zero-order valence-electron chi connectivity index (χ0n) is 68.1. The Bertz CT molecular complexity index is 6160. The number of nitriles is 2. The summed E-state index contributed by atoms with van der Waals surface area (Å²) in [5, 5.41) is 60.6. The van der Waals surface area contributed by atoms with E-state index in [2.05, 4.69) is 70.2 Å². The molecule has 6 aromatic heterocycles. The van der Waals surface area contributed by atoms with Crippen LogP contribution in [0.4, 0.5) is 34.8 Å². The van der Waals surface area contributed by atoms with Crippen molar-refractivity contribution in [2.75, 3.05) is 32.7 Å². The Morgan fingerprint density at radius 2 is 0.826 bits per heavy atom. The van der Waals surface area contributed by atoms with Gasteiger partial charge in [0, 0.05) is 42.4 Å². The predicted octanol–water partition coefficient (Wildman–Crippen LogP) is 13.3. The Kier molecular flexibility index (Phi) is 29.8. The van der Waals surface area contributed by atoms with Crippen molar-refractivity contribution in [3.05, 3.63) is 281 Å². The average molecular weight is 1630 g/mol. The minimum absolute atomic E-state index is 0.0706. The number of fused-ring (bicyclic) bond motifs is 3. The molecule has 7 aromatic carbocycles. The van der Waals surface area contributed by atoms with Gasteiger partial charge in [0.2, 0.25) is 11.8 Å². The smallest absolute Gasteiger partial charge is 0.274 e. The molecule has 13 rings (SSSR count). The summed E-state index contributed by atoms with van der Waals surface area (Å²) in [4.78, 5) is 118. The van der Waals surface area contributed by atoms with Gasteiger partial charge in [-0.3, -0.25) is 58.1 Å². The number of amides is 3. The van der Waals surface area contributed by atoms with Crippen LogP contribution in [0.1, 0.15) is 188 Å². The first-order valence-corrected chi connectivity index (χ1v) is 39.8. The third-order valence-corrected chi connectivity index (χ3v) is 20.2. The van der Waals surface area contributed by atoms with Crippen LogP contribution in [0.2, 0.25) is 0 Å². The van der Waals surface area contributed by atoms with E-state index < -0.39 is 23.9 Å². The lowest BCUT2D eigenvalue weighted by Gasteiger charge is -2.23. The number of para-hydroxylation sites is 3. The number of nitrogens with zero attached hydrogens (tertiary/aromatic N) is 14.